The molecule has 0 bridgehead atoms. The Kier molecular flexibility index (Phi) is 3.83. The average molecular weight is 306 g/mol. The Morgan fingerprint density at radius 3 is 2.90 bits per heavy atom. The molecule has 3 aromatic rings. The van der Waals surface area contributed by atoms with Crippen LogP contribution in [0.4, 0.5) is 4.39 Å². The van der Waals surface area contributed by atoms with Crippen molar-refractivity contribution in [1.82, 2.24) is 9.72 Å². The summed E-state index contributed by atoms with van der Waals surface area (Å²) in [7, 11) is 0. The predicted octanol–water partition coefficient (Wildman–Crippen LogP) is 2.78. The summed E-state index contributed by atoms with van der Waals surface area (Å²) in [5, 5.41) is 5.64. The van der Waals surface area contributed by atoms with Crippen molar-refractivity contribution in [3.8, 4) is 16.5 Å². The molecule has 0 amide bonds. The van der Waals surface area contributed by atoms with Gasteiger partial charge in [0, 0.05) is 0 Å². The normalized spacial score (nSPS) is 10.7. The number of thiophene rings is 1. The quantitative estimate of drug-likeness (QED) is 0.727. The minimum Gasteiger partial charge on any atom is -0.489 e. The third-order valence-electron chi connectivity index (χ3n) is 2.84. The van der Waals surface area contributed by atoms with E-state index in [1.54, 1.807) is 12.1 Å². The van der Waals surface area contributed by atoms with E-state index in [4.69, 9.17) is 4.74 Å². The molecular weight excluding hydrogens is 295 g/mol. The maximum Gasteiger partial charge on any atom is 0.442 e. The van der Waals surface area contributed by atoms with Crippen LogP contribution in [0.15, 0.2) is 51.1 Å². The third-order valence-corrected chi connectivity index (χ3v) is 3.70. The van der Waals surface area contributed by atoms with Crippen LogP contribution in [0.3, 0.4) is 0 Å². The highest BCUT2D eigenvalue weighted by molar-refractivity contribution is 7.13. The summed E-state index contributed by atoms with van der Waals surface area (Å²) in [6.07, 6.45) is 0. The van der Waals surface area contributed by atoms with E-state index in [2.05, 4.69) is 9.68 Å². The Hall–Kier alpha value is -2.41. The maximum atomic E-state index is 13.4. The fourth-order valence-corrected chi connectivity index (χ4v) is 2.57. The summed E-state index contributed by atoms with van der Waals surface area (Å²) in [5.41, 5.74) is 0. The Labute approximate surface area is 123 Å². The van der Waals surface area contributed by atoms with Gasteiger partial charge in [0.2, 0.25) is 0 Å². The van der Waals surface area contributed by atoms with E-state index >= 15 is 0 Å². The van der Waals surface area contributed by atoms with E-state index in [1.165, 1.54) is 28.0 Å². The number of hydrogen-bond acceptors (Lipinski definition) is 5. The monoisotopic (exact) mass is 306 g/mol. The molecule has 2 aromatic heterocycles. The number of halogens is 1. The number of nitrogens with zero attached hydrogens (tertiary/aromatic N) is 2. The van der Waals surface area contributed by atoms with Gasteiger partial charge >= 0.3 is 5.76 Å². The Bertz CT molecular complexity index is 780. The van der Waals surface area contributed by atoms with Gasteiger partial charge < -0.3 is 4.74 Å². The van der Waals surface area contributed by atoms with Crippen LogP contribution in [0, 0.1) is 5.82 Å². The zero-order chi connectivity index (χ0) is 14.7. The first kappa shape index (κ1) is 13.6. The van der Waals surface area contributed by atoms with Gasteiger partial charge in [-0.2, -0.15) is 0 Å². The second kappa shape index (κ2) is 5.92. The first-order valence-electron chi connectivity index (χ1n) is 6.23. The molecule has 0 unspecified atom stereocenters. The van der Waals surface area contributed by atoms with Crippen molar-refractivity contribution in [2.75, 3.05) is 6.61 Å². The molecule has 0 spiro atoms. The van der Waals surface area contributed by atoms with E-state index < -0.39 is 11.6 Å². The zero-order valence-electron chi connectivity index (χ0n) is 10.9. The lowest BCUT2D eigenvalue weighted by molar-refractivity contribution is 0.278. The maximum absolute atomic E-state index is 13.4. The molecular formula is C14H11FN2O3S. The lowest BCUT2D eigenvalue weighted by Gasteiger charge is -2.07. The molecule has 0 saturated carbocycles. The summed E-state index contributed by atoms with van der Waals surface area (Å²) in [6, 6.07) is 9.82. The van der Waals surface area contributed by atoms with Crippen molar-refractivity contribution in [1.29, 1.82) is 0 Å². The standard InChI is InChI=1S/C14H11FN2O3S/c15-10-4-1-2-5-11(10)19-8-7-17-13(16-20-14(17)18)12-6-3-9-21-12/h1-6,9H,7-8H2. The largest absolute Gasteiger partial charge is 0.489 e. The van der Waals surface area contributed by atoms with Gasteiger partial charge in [-0.1, -0.05) is 23.4 Å². The third kappa shape index (κ3) is 2.87. The second-order valence-corrected chi connectivity index (χ2v) is 5.13. The highest BCUT2D eigenvalue weighted by atomic mass is 32.1. The Balaban J connectivity index is 1.73. The van der Waals surface area contributed by atoms with Gasteiger partial charge in [0.15, 0.2) is 17.4 Å². The van der Waals surface area contributed by atoms with Crippen LogP contribution in [0.2, 0.25) is 0 Å². The molecule has 21 heavy (non-hydrogen) atoms. The topological polar surface area (TPSA) is 57.3 Å². The van der Waals surface area contributed by atoms with Crippen molar-refractivity contribution in [3.63, 3.8) is 0 Å². The van der Waals surface area contributed by atoms with Gasteiger partial charge in [0.05, 0.1) is 11.4 Å². The molecule has 0 N–H and O–H groups in total. The summed E-state index contributed by atoms with van der Waals surface area (Å²) in [5.74, 6) is -0.393. The predicted molar refractivity (Wildman–Crippen MR) is 76.0 cm³/mol. The molecule has 0 saturated heterocycles. The fraction of sp³-hybridized carbons (Fsp3) is 0.143. The zero-order valence-corrected chi connectivity index (χ0v) is 11.7. The van der Waals surface area contributed by atoms with E-state index in [9.17, 15) is 9.18 Å². The van der Waals surface area contributed by atoms with E-state index in [1.807, 2.05) is 17.5 Å². The van der Waals surface area contributed by atoms with Gasteiger partial charge in [-0.15, -0.1) is 11.3 Å². The number of aromatic nitrogens is 2. The van der Waals surface area contributed by atoms with Crippen LogP contribution in [0.1, 0.15) is 0 Å². The lowest BCUT2D eigenvalue weighted by atomic mass is 10.3. The minimum atomic E-state index is -0.560. The highest BCUT2D eigenvalue weighted by Crippen LogP contribution is 2.21. The van der Waals surface area contributed by atoms with Gasteiger partial charge in [-0.25, -0.2) is 9.18 Å². The molecule has 0 aliphatic carbocycles. The number of para-hydroxylation sites is 1. The van der Waals surface area contributed by atoms with E-state index in [0.29, 0.717) is 5.82 Å². The van der Waals surface area contributed by atoms with Gasteiger partial charge in [-0.3, -0.25) is 9.09 Å². The molecule has 0 aliphatic rings. The van der Waals surface area contributed by atoms with Crippen LogP contribution in [0.25, 0.3) is 10.7 Å². The molecule has 0 atom stereocenters. The van der Waals surface area contributed by atoms with Crippen molar-refractivity contribution < 1.29 is 13.7 Å². The SMILES string of the molecule is O=c1onc(-c2cccs2)n1CCOc1ccccc1F. The molecule has 0 radical (unpaired) electrons. The summed E-state index contributed by atoms with van der Waals surface area (Å²) < 4.78 is 24.8. The molecule has 0 aliphatic heterocycles. The van der Waals surface area contributed by atoms with Crippen LogP contribution in [0.5, 0.6) is 5.75 Å². The lowest BCUT2D eigenvalue weighted by Crippen LogP contribution is -2.19. The molecule has 7 heteroatoms. The summed E-state index contributed by atoms with van der Waals surface area (Å²) in [6.45, 7) is 0.365. The first-order chi connectivity index (χ1) is 10.3. The number of benzene rings is 1. The number of ether oxygens (including phenoxy) is 1. The van der Waals surface area contributed by atoms with Crippen molar-refractivity contribution in [3.05, 3.63) is 58.1 Å². The molecule has 108 valence electrons. The van der Waals surface area contributed by atoms with Crippen LogP contribution < -0.4 is 10.5 Å². The summed E-state index contributed by atoms with van der Waals surface area (Å²) in [4.78, 5) is 12.5. The first-order valence-corrected chi connectivity index (χ1v) is 7.11. The highest BCUT2D eigenvalue weighted by Gasteiger charge is 2.13. The molecule has 5 nitrogen and oxygen atoms in total. The minimum absolute atomic E-state index is 0.139. The smallest absolute Gasteiger partial charge is 0.442 e. The van der Waals surface area contributed by atoms with Crippen molar-refractivity contribution >= 4 is 11.3 Å². The molecule has 0 fully saturated rings. The van der Waals surface area contributed by atoms with E-state index in [-0.39, 0.29) is 18.9 Å². The number of hydrogen-bond donors (Lipinski definition) is 0. The van der Waals surface area contributed by atoms with Crippen LogP contribution >= 0.6 is 11.3 Å². The molecule has 2 heterocycles. The van der Waals surface area contributed by atoms with Crippen LogP contribution in [-0.2, 0) is 6.54 Å². The molecule has 1 aromatic carbocycles. The van der Waals surface area contributed by atoms with Gasteiger partial charge in [0.25, 0.3) is 0 Å². The average Bonchev–Trinajstić information content (AvgIpc) is 3.11. The fourth-order valence-electron chi connectivity index (χ4n) is 1.86. The van der Waals surface area contributed by atoms with Crippen molar-refractivity contribution in [2.45, 2.75) is 6.54 Å². The summed E-state index contributed by atoms with van der Waals surface area (Å²) >= 11 is 1.45. The van der Waals surface area contributed by atoms with Crippen LogP contribution in [-0.4, -0.2) is 16.3 Å². The van der Waals surface area contributed by atoms with Crippen molar-refractivity contribution in [2.24, 2.45) is 0 Å². The second-order valence-electron chi connectivity index (χ2n) is 4.18. The number of rotatable bonds is 5. The van der Waals surface area contributed by atoms with Gasteiger partial charge in [-0.05, 0) is 23.6 Å². The Morgan fingerprint density at radius 1 is 1.29 bits per heavy atom. The van der Waals surface area contributed by atoms with E-state index in [0.717, 1.165) is 4.88 Å². The Morgan fingerprint density at radius 2 is 2.14 bits per heavy atom. The van der Waals surface area contributed by atoms with Gasteiger partial charge in [0.1, 0.15) is 6.61 Å². The molecule has 3 rings (SSSR count).